The Morgan fingerprint density at radius 1 is 1.17 bits per heavy atom. The van der Waals surface area contributed by atoms with Crippen LogP contribution >= 0.6 is 23.2 Å². The van der Waals surface area contributed by atoms with Crippen LogP contribution in [0.3, 0.4) is 0 Å². The second kappa shape index (κ2) is 8.53. The fourth-order valence-electron chi connectivity index (χ4n) is 3.14. The zero-order valence-corrected chi connectivity index (χ0v) is 16.8. The lowest BCUT2D eigenvalue weighted by atomic mass is 10.1. The molecule has 4 rings (SSSR count). The SMILES string of the molecule is O=C(NCC1CCCO1)c1cc2cc(Cl)ccc2oc1=Nc1ccc(Cl)cc1F. The van der Waals surface area contributed by atoms with Crippen molar-refractivity contribution in [2.75, 3.05) is 13.2 Å². The van der Waals surface area contributed by atoms with E-state index in [4.69, 9.17) is 32.4 Å². The molecule has 1 atom stereocenters. The summed E-state index contributed by atoms with van der Waals surface area (Å²) in [7, 11) is 0. The van der Waals surface area contributed by atoms with Crippen LogP contribution in [-0.4, -0.2) is 25.2 Å². The molecule has 1 unspecified atom stereocenters. The minimum absolute atomic E-state index is 0.00844. The topological polar surface area (TPSA) is 63.8 Å². The van der Waals surface area contributed by atoms with Gasteiger partial charge >= 0.3 is 0 Å². The molecule has 150 valence electrons. The summed E-state index contributed by atoms with van der Waals surface area (Å²) in [5.74, 6) is -1.01. The zero-order valence-electron chi connectivity index (χ0n) is 15.3. The number of benzene rings is 2. The summed E-state index contributed by atoms with van der Waals surface area (Å²) in [6.45, 7) is 1.07. The van der Waals surface area contributed by atoms with E-state index in [9.17, 15) is 9.18 Å². The molecule has 0 saturated carbocycles. The first-order valence-corrected chi connectivity index (χ1v) is 9.88. The molecule has 0 aliphatic carbocycles. The van der Waals surface area contributed by atoms with E-state index in [2.05, 4.69) is 10.3 Å². The van der Waals surface area contributed by atoms with Crippen molar-refractivity contribution in [3.63, 3.8) is 0 Å². The maximum atomic E-state index is 14.2. The summed E-state index contributed by atoms with van der Waals surface area (Å²) in [6.07, 6.45) is 1.85. The molecule has 3 aromatic rings. The lowest BCUT2D eigenvalue weighted by Gasteiger charge is -2.11. The fourth-order valence-corrected chi connectivity index (χ4v) is 3.47. The smallest absolute Gasteiger partial charge is 0.256 e. The molecule has 2 heterocycles. The van der Waals surface area contributed by atoms with E-state index in [0.717, 1.165) is 18.9 Å². The highest BCUT2D eigenvalue weighted by Gasteiger charge is 2.19. The lowest BCUT2D eigenvalue weighted by Crippen LogP contribution is -2.34. The van der Waals surface area contributed by atoms with E-state index in [-0.39, 0.29) is 33.8 Å². The van der Waals surface area contributed by atoms with E-state index in [1.165, 1.54) is 12.1 Å². The quantitative estimate of drug-likeness (QED) is 0.626. The lowest BCUT2D eigenvalue weighted by molar-refractivity contribution is 0.0854. The molecular formula is C21H17Cl2FN2O3. The number of ether oxygens (including phenoxy) is 1. The van der Waals surface area contributed by atoms with Crippen molar-refractivity contribution in [2.24, 2.45) is 4.99 Å². The van der Waals surface area contributed by atoms with Gasteiger partial charge in [-0.1, -0.05) is 23.2 Å². The molecule has 1 amide bonds. The van der Waals surface area contributed by atoms with Crippen LogP contribution in [0.25, 0.3) is 11.0 Å². The maximum absolute atomic E-state index is 14.2. The van der Waals surface area contributed by atoms with Crippen LogP contribution in [0.5, 0.6) is 0 Å². The van der Waals surface area contributed by atoms with Gasteiger partial charge in [0.05, 0.1) is 6.10 Å². The van der Waals surface area contributed by atoms with Gasteiger partial charge in [-0.2, -0.15) is 0 Å². The second-order valence-electron chi connectivity index (χ2n) is 6.70. The third kappa shape index (κ3) is 4.61. The number of fused-ring (bicyclic) bond motifs is 1. The van der Waals surface area contributed by atoms with Crippen LogP contribution in [-0.2, 0) is 4.74 Å². The highest BCUT2D eigenvalue weighted by atomic mass is 35.5. The summed E-state index contributed by atoms with van der Waals surface area (Å²) < 4.78 is 25.6. The van der Waals surface area contributed by atoms with Gasteiger partial charge in [-0.15, -0.1) is 0 Å². The number of hydrogen-bond acceptors (Lipinski definition) is 4. The van der Waals surface area contributed by atoms with Gasteiger partial charge < -0.3 is 14.5 Å². The van der Waals surface area contributed by atoms with Crippen molar-refractivity contribution < 1.29 is 18.3 Å². The van der Waals surface area contributed by atoms with Gasteiger partial charge in [0.2, 0.25) is 5.55 Å². The van der Waals surface area contributed by atoms with Crippen LogP contribution in [0.4, 0.5) is 10.1 Å². The standard InChI is InChI=1S/C21H17Cl2FN2O3/c22-13-4-6-19-12(8-13)9-16(20(27)25-11-15-2-1-7-28-15)21(29-19)26-18-5-3-14(23)10-17(18)24/h3-6,8-10,15H,1-2,7,11H2,(H,25,27). The Labute approximate surface area is 176 Å². The van der Waals surface area contributed by atoms with Crippen LogP contribution < -0.4 is 10.9 Å². The summed E-state index contributed by atoms with van der Waals surface area (Å²) in [5.41, 5.74) is 0.649. The van der Waals surface area contributed by atoms with E-state index in [1.807, 2.05) is 0 Å². The predicted molar refractivity (Wildman–Crippen MR) is 109 cm³/mol. The van der Waals surface area contributed by atoms with Crippen molar-refractivity contribution in [1.82, 2.24) is 5.32 Å². The minimum atomic E-state index is -0.616. The molecule has 5 nitrogen and oxygen atoms in total. The maximum Gasteiger partial charge on any atom is 0.256 e. The number of hydrogen-bond donors (Lipinski definition) is 1. The summed E-state index contributed by atoms with van der Waals surface area (Å²) in [4.78, 5) is 17.1. The normalized spacial score (nSPS) is 17.1. The molecule has 1 saturated heterocycles. The number of carbonyl (C=O) groups is 1. The monoisotopic (exact) mass is 434 g/mol. The Balaban J connectivity index is 1.78. The average Bonchev–Trinajstić information content (AvgIpc) is 3.21. The summed E-state index contributed by atoms with van der Waals surface area (Å²) >= 11 is 11.9. The number of rotatable bonds is 4. The van der Waals surface area contributed by atoms with E-state index in [0.29, 0.717) is 29.1 Å². The van der Waals surface area contributed by atoms with Crippen molar-refractivity contribution in [3.8, 4) is 0 Å². The third-order valence-electron chi connectivity index (χ3n) is 4.60. The average molecular weight is 435 g/mol. The van der Waals surface area contributed by atoms with Gasteiger partial charge in [0.1, 0.15) is 22.7 Å². The molecule has 0 bridgehead atoms. The number of amides is 1. The second-order valence-corrected chi connectivity index (χ2v) is 7.57. The number of nitrogens with zero attached hydrogens (tertiary/aromatic N) is 1. The molecule has 2 aromatic carbocycles. The Hall–Kier alpha value is -2.41. The summed E-state index contributed by atoms with van der Waals surface area (Å²) in [5, 5.41) is 4.23. The van der Waals surface area contributed by atoms with Crippen LogP contribution in [0.15, 0.2) is 51.9 Å². The Morgan fingerprint density at radius 2 is 1.97 bits per heavy atom. The van der Waals surface area contributed by atoms with Gasteiger partial charge in [-0.3, -0.25) is 4.79 Å². The van der Waals surface area contributed by atoms with Gasteiger partial charge in [0, 0.05) is 28.6 Å². The molecular weight excluding hydrogens is 418 g/mol. The molecule has 0 spiro atoms. The van der Waals surface area contributed by atoms with Gasteiger partial charge in [0.25, 0.3) is 5.91 Å². The Morgan fingerprint density at radius 3 is 2.72 bits per heavy atom. The van der Waals surface area contributed by atoms with Crippen molar-refractivity contribution in [1.29, 1.82) is 0 Å². The van der Waals surface area contributed by atoms with E-state index < -0.39 is 5.82 Å². The fraction of sp³-hybridized carbons (Fsp3) is 0.238. The summed E-state index contributed by atoms with van der Waals surface area (Å²) in [6, 6.07) is 10.7. The van der Waals surface area contributed by atoms with E-state index >= 15 is 0 Å². The molecule has 1 aliphatic heterocycles. The highest BCUT2D eigenvalue weighted by Crippen LogP contribution is 2.23. The largest absolute Gasteiger partial charge is 0.438 e. The Bertz CT molecular complexity index is 1140. The molecule has 1 fully saturated rings. The molecule has 0 radical (unpaired) electrons. The number of halogens is 3. The van der Waals surface area contributed by atoms with Crippen molar-refractivity contribution >= 4 is 45.8 Å². The van der Waals surface area contributed by atoms with Gasteiger partial charge in [-0.25, -0.2) is 9.38 Å². The van der Waals surface area contributed by atoms with Crippen molar-refractivity contribution in [2.45, 2.75) is 18.9 Å². The molecule has 29 heavy (non-hydrogen) atoms. The third-order valence-corrected chi connectivity index (χ3v) is 5.07. The first kappa shape index (κ1) is 19.9. The Kier molecular flexibility index (Phi) is 5.85. The predicted octanol–water partition coefficient (Wildman–Crippen LogP) is 5.02. The molecule has 1 aliphatic rings. The van der Waals surface area contributed by atoms with Crippen LogP contribution in [0.1, 0.15) is 23.2 Å². The molecule has 1 N–H and O–H groups in total. The number of carbonyl (C=O) groups excluding carboxylic acids is 1. The van der Waals surface area contributed by atoms with Gasteiger partial charge in [0.15, 0.2) is 0 Å². The highest BCUT2D eigenvalue weighted by molar-refractivity contribution is 6.31. The zero-order chi connectivity index (χ0) is 20.4. The van der Waals surface area contributed by atoms with Gasteiger partial charge in [-0.05, 0) is 55.3 Å². The molecule has 8 heteroatoms. The first-order valence-electron chi connectivity index (χ1n) is 9.12. The van der Waals surface area contributed by atoms with Crippen LogP contribution in [0.2, 0.25) is 10.0 Å². The first-order chi connectivity index (χ1) is 14.0. The van der Waals surface area contributed by atoms with Crippen molar-refractivity contribution in [3.05, 3.63) is 69.4 Å². The van der Waals surface area contributed by atoms with Crippen LogP contribution in [0, 0.1) is 5.82 Å². The molecule has 1 aromatic heterocycles. The number of nitrogens with one attached hydrogen (secondary N) is 1. The minimum Gasteiger partial charge on any atom is -0.438 e. The van der Waals surface area contributed by atoms with E-state index in [1.54, 1.807) is 24.3 Å².